The number of anilines is 3. The lowest BCUT2D eigenvalue weighted by Gasteiger charge is -2.29. The van der Waals surface area contributed by atoms with Crippen molar-refractivity contribution >= 4 is 77.6 Å². The molecule has 5 heteroatoms. The van der Waals surface area contributed by atoms with E-state index in [1.807, 2.05) is 53.8 Å². The van der Waals surface area contributed by atoms with E-state index in [1.54, 1.807) is 11.3 Å². The molecule has 0 radical (unpaired) electrons. The van der Waals surface area contributed by atoms with E-state index < -0.39 is 0 Å². The number of nitrogens with zero attached hydrogens (tertiary/aromatic N) is 1. The van der Waals surface area contributed by atoms with Crippen LogP contribution in [0.2, 0.25) is 0 Å². The molecule has 0 fully saturated rings. The van der Waals surface area contributed by atoms with Crippen molar-refractivity contribution in [3.63, 3.8) is 0 Å². The first-order valence-corrected chi connectivity index (χ1v) is 20.3. The van der Waals surface area contributed by atoms with Crippen LogP contribution in [0.3, 0.4) is 0 Å². The molecular weight excluding hydrogens is 699 g/mol. The lowest BCUT2D eigenvalue weighted by atomic mass is 9.82. The lowest BCUT2D eigenvalue weighted by Crippen LogP contribution is -2.17. The number of carbonyl (C=O) groups excluding carboxylic acids is 2. The Morgan fingerprint density at radius 3 is 1.63 bits per heavy atom. The highest BCUT2D eigenvalue weighted by Gasteiger charge is 2.40. The quantitative estimate of drug-likeness (QED) is 0.133. The first-order valence-electron chi connectivity index (χ1n) is 18.7. The van der Waals surface area contributed by atoms with Gasteiger partial charge in [-0.05, 0) is 110 Å². The Morgan fingerprint density at radius 1 is 0.593 bits per heavy atom. The van der Waals surface area contributed by atoms with Gasteiger partial charge in [0.2, 0.25) is 0 Å². The maximum absolute atomic E-state index is 13.6. The first-order chi connectivity index (χ1) is 25.6. The maximum Gasteiger partial charge on any atom is 0.197 e. The summed E-state index contributed by atoms with van der Waals surface area (Å²) in [4.78, 5) is 31.8. The number of allylic oxidation sites excluding steroid dienone is 1. The van der Waals surface area contributed by atoms with Gasteiger partial charge in [0.15, 0.2) is 11.6 Å². The molecule has 54 heavy (non-hydrogen) atoms. The van der Waals surface area contributed by atoms with Crippen LogP contribution in [0.25, 0.3) is 36.7 Å². The number of rotatable bonds is 4. The fourth-order valence-electron chi connectivity index (χ4n) is 8.21. The Kier molecular flexibility index (Phi) is 7.67. The zero-order valence-electron chi connectivity index (χ0n) is 32.0. The molecule has 268 valence electrons. The summed E-state index contributed by atoms with van der Waals surface area (Å²) >= 11 is 3.50. The van der Waals surface area contributed by atoms with Crippen molar-refractivity contribution in [3.05, 3.63) is 153 Å². The lowest BCUT2D eigenvalue weighted by molar-refractivity contribution is 0.0990. The number of ketones is 2. The maximum atomic E-state index is 13.6. The number of fused-ring (bicyclic) bond motifs is 7. The van der Waals surface area contributed by atoms with E-state index in [0.29, 0.717) is 11.1 Å². The third-order valence-corrected chi connectivity index (χ3v) is 13.7. The minimum Gasteiger partial charge on any atom is -0.310 e. The second-order valence-corrected chi connectivity index (χ2v) is 19.5. The number of hydrogen-bond donors (Lipinski definition) is 0. The van der Waals surface area contributed by atoms with E-state index in [2.05, 4.69) is 133 Å². The summed E-state index contributed by atoms with van der Waals surface area (Å²) in [6.07, 6.45) is 1.82. The van der Waals surface area contributed by atoms with Gasteiger partial charge < -0.3 is 4.90 Å². The number of benzene rings is 5. The monoisotopic (exact) mass is 741 g/mol. The summed E-state index contributed by atoms with van der Waals surface area (Å²) in [5, 5.41) is 1.94. The van der Waals surface area contributed by atoms with Gasteiger partial charge in [0, 0.05) is 48.1 Å². The average molecular weight is 742 g/mol. The summed E-state index contributed by atoms with van der Waals surface area (Å²) < 4.78 is 2.43. The molecule has 5 aromatic carbocycles. The van der Waals surface area contributed by atoms with Crippen LogP contribution in [-0.4, -0.2) is 11.6 Å². The summed E-state index contributed by atoms with van der Waals surface area (Å²) in [5.41, 5.74) is 11.1. The predicted molar refractivity (Wildman–Crippen MR) is 230 cm³/mol. The molecule has 0 atom stereocenters. The van der Waals surface area contributed by atoms with Crippen LogP contribution in [0, 0.1) is 0 Å². The molecule has 0 bridgehead atoms. The normalized spacial score (nSPS) is 14.9. The average Bonchev–Trinajstić information content (AvgIpc) is 3.81. The SMILES string of the molecule is CC(C)(C)c1ccc(N(c2ccc(C(C)(C)C)cc2)c2ccc3c(c2)C(C)(C)c2c-3sc3cc(C=C4C(=O)c5cc6ccccc6cc5C4=O)sc23)cc1. The van der Waals surface area contributed by atoms with E-state index in [1.165, 1.54) is 42.1 Å². The predicted octanol–water partition coefficient (Wildman–Crippen LogP) is 13.9. The van der Waals surface area contributed by atoms with Crippen LogP contribution < -0.4 is 4.90 Å². The first kappa shape index (κ1) is 34.7. The van der Waals surface area contributed by atoms with E-state index >= 15 is 0 Å². The molecule has 2 aliphatic carbocycles. The van der Waals surface area contributed by atoms with Crippen molar-refractivity contribution in [2.45, 2.75) is 71.6 Å². The smallest absolute Gasteiger partial charge is 0.197 e. The number of thiophene rings is 2. The van der Waals surface area contributed by atoms with Gasteiger partial charge in [0.1, 0.15) is 0 Å². The second-order valence-electron chi connectivity index (χ2n) is 17.4. The molecule has 0 saturated carbocycles. The molecule has 9 rings (SSSR count). The molecule has 0 saturated heterocycles. The molecule has 7 aromatic rings. The second kappa shape index (κ2) is 11.9. The molecule has 2 aliphatic rings. The third-order valence-electron chi connectivity index (χ3n) is 11.3. The fraction of sp³-hybridized carbons (Fsp3) is 0.224. The minimum absolute atomic E-state index is 0.0679. The van der Waals surface area contributed by atoms with Crippen LogP contribution >= 0.6 is 22.7 Å². The third kappa shape index (κ3) is 5.43. The number of hydrogen-bond acceptors (Lipinski definition) is 5. The van der Waals surface area contributed by atoms with Gasteiger partial charge in [-0.2, -0.15) is 0 Å². The van der Waals surface area contributed by atoms with Gasteiger partial charge in [0.05, 0.1) is 10.3 Å². The highest BCUT2D eigenvalue weighted by atomic mass is 32.1. The topological polar surface area (TPSA) is 37.4 Å². The Morgan fingerprint density at radius 2 is 1.11 bits per heavy atom. The minimum atomic E-state index is -0.249. The van der Waals surface area contributed by atoms with Crippen molar-refractivity contribution < 1.29 is 9.59 Å². The van der Waals surface area contributed by atoms with Crippen molar-refractivity contribution in [1.29, 1.82) is 0 Å². The molecule has 0 spiro atoms. The van der Waals surface area contributed by atoms with Crippen molar-refractivity contribution in [2.75, 3.05) is 4.90 Å². The van der Waals surface area contributed by atoms with Crippen molar-refractivity contribution in [2.24, 2.45) is 0 Å². The molecule has 0 aliphatic heterocycles. The van der Waals surface area contributed by atoms with E-state index in [0.717, 1.165) is 32.7 Å². The van der Waals surface area contributed by atoms with Gasteiger partial charge in [-0.1, -0.05) is 110 Å². The summed E-state index contributed by atoms with van der Waals surface area (Å²) in [7, 11) is 0. The highest BCUT2D eigenvalue weighted by molar-refractivity contribution is 7.30. The Balaban J connectivity index is 1.10. The van der Waals surface area contributed by atoms with Crippen LogP contribution in [0.5, 0.6) is 0 Å². The van der Waals surface area contributed by atoms with Crippen LogP contribution in [0.1, 0.15) is 103 Å². The summed E-state index contributed by atoms with van der Waals surface area (Å²) in [6, 6.07) is 38.7. The van der Waals surface area contributed by atoms with E-state index in [9.17, 15) is 9.59 Å². The number of Topliss-reactive ketones (excluding diaryl/α,β-unsaturated/α-hetero) is 2. The van der Waals surface area contributed by atoms with Gasteiger partial charge in [0.25, 0.3) is 0 Å². The van der Waals surface area contributed by atoms with Gasteiger partial charge in [-0.25, -0.2) is 0 Å². The molecule has 2 heterocycles. The zero-order valence-corrected chi connectivity index (χ0v) is 33.7. The van der Waals surface area contributed by atoms with Gasteiger partial charge >= 0.3 is 0 Å². The zero-order chi connectivity index (χ0) is 37.9. The van der Waals surface area contributed by atoms with Crippen molar-refractivity contribution in [1.82, 2.24) is 0 Å². The van der Waals surface area contributed by atoms with Crippen LogP contribution in [0.15, 0.2) is 115 Å². The highest BCUT2D eigenvalue weighted by Crippen LogP contribution is 2.58. The van der Waals surface area contributed by atoms with Crippen molar-refractivity contribution in [3.8, 4) is 10.4 Å². The molecule has 2 aromatic heterocycles. The van der Waals surface area contributed by atoms with Crippen LogP contribution in [-0.2, 0) is 16.2 Å². The Hall–Kier alpha value is -5.10. The molecular formula is C49H43NO2S2. The molecule has 0 N–H and O–H groups in total. The van der Waals surface area contributed by atoms with E-state index in [4.69, 9.17) is 0 Å². The standard InChI is InChI=1S/C49H43NO2S2/c1-47(2,3)30-13-17-32(18-14-30)50(33-19-15-31(16-20-33)48(4,5)6)34-21-22-36-40(25-34)49(7,8)42-45(36)54-41-27-35(53-46(41)42)26-39-43(51)37-23-28-11-9-10-12-29(28)24-38(37)44(39)52/h9-27H,1-8H3. The summed E-state index contributed by atoms with van der Waals surface area (Å²) in [5.74, 6) is -0.373. The van der Waals surface area contributed by atoms with Gasteiger partial charge in [-0.15, -0.1) is 22.7 Å². The largest absolute Gasteiger partial charge is 0.310 e. The van der Waals surface area contributed by atoms with E-state index in [-0.39, 0.29) is 33.4 Å². The number of carbonyl (C=O) groups is 2. The summed E-state index contributed by atoms with van der Waals surface area (Å²) in [6.45, 7) is 18.2. The van der Waals surface area contributed by atoms with Crippen LogP contribution in [0.4, 0.5) is 17.1 Å². The fourth-order valence-corrected chi connectivity index (χ4v) is 11.2. The molecule has 0 unspecified atom stereocenters. The Labute approximate surface area is 325 Å². The Bertz CT molecular complexity index is 2610. The molecule has 0 amide bonds. The van der Waals surface area contributed by atoms with Gasteiger partial charge in [-0.3, -0.25) is 9.59 Å². The molecule has 3 nitrogen and oxygen atoms in total.